The van der Waals surface area contributed by atoms with Gasteiger partial charge in [0, 0.05) is 37.7 Å². The van der Waals surface area contributed by atoms with Crippen LogP contribution >= 0.6 is 0 Å². The summed E-state index contributed by atoms with van der Waals surface area (Å²) in [7, 11) is 0. The van der Waals surface area contributed by atoms with Crippen LogP contribution in [0, 0.1) is 0 Å². The van der Waals surface area contributed by atoms with Crippen LogP contribution < -0.4 is 10.9 Å². The molecule has 0 bridgehead atoms. The molecular formula is C13H14N6O2. The summed E-state index contributed by atoms with van der Waals surface area (Å²) in [6.45, 7) is 1.10. The molecule has 108 valence electrons. The minimum absolute atomic E-state index is 0.0335. The van der Waals surface area contributed by atoms with E-state index in [-0.39, 0.29) is 24.1 Å². The van der Waals surface area contributed by atoms with Crippen molar-refractivity contribution in [2.45, 2.75) is 12.6 Å². The second kappa shape index (κ2) is 5.70. The van der Waals surface area contributed by atoms with Crippen LogP contribution in [-0.2, 0) is 11.3 Å². The molecule has 0 aromatic carbocycles. The second-order valence-corrected chi connectivity index (χ2v) is 4.73. The van der Waals surface area contributed by atoms with Crippen molar-refractivity contribution in [3.05, 3.63) is 47.1 Å². The van der Waals surface area contributed by atoms with Crippen molar-refractivity contribution in [1.82, 2.24) is 24.6 Å². The van der Waals surface area contributed by atoms with Gasteiger partial charge in [0.1, 0.15) is 6.54 Å². The zero-order chi connectivity index (χ0) is 14.7. The lowest BCUT2D eigenvalue weighted by Crippen LogP contribution is -2.58. The number of carbonyl (C=O) groups excluding carboxylic acids is 1. The number of aromatic nitrogens is 4. The topological polar surface area (TPSA) is 93.0 Å². The standard InChI is InChI=1S/C13H14N6O2/c20-11-3-1-6-16-19(11)9-12(21)18-7-10(8-18)17-13-14-4-2-5-15-13/h1-6,10H,7-9H2,(H,14,15,17). The van der Waals surface area contributed by atoms with E-state index < -0.39 is 0 Å². The van der Waals surface area contributed by atoms with Crippen molar-refractivity contribution in [1.29, 1.82) is 0 Å². The van der Waals surface area contributed by atoms with Gasteiger partial charge in [-0.3, -0.25) is 9.59 Å². The fraction of sp³-hybridized carbons (Fsp3) is 0.308. The molecule has 1 fully saturated rings. The van der Waals surface area contributed by atoms with Crippen molar-refractivity contribution in [2.75, 3.05) is 18.4 Å². The molecule has 0 saturated carbocycles. The lowest BCUT2D eigenvalue weighted by atomic mass is 10.1. The molecule has 0 unspecified atom stereocenters. The summed E-state index contributed by atoms with van der Waals surface area (Å²) < 4.78 is 1.16. The Bertz CT molecular complexity index is 680. The number of rotatable bonds is 4. The predicted molar refractivity (Wildman–Crippen MR) is 74.5 cm³/mol. The molecule has 3 heterocycles. The van der Waals surface area contributed by atoms with Crippen molar-refractivity contribution in [3.8, 4) is 0 Å². The molecule has 2 aromatic heterocycles. The van der Waals surface area contributed by atoms with Gasteiger partial charge in [-0.25, -0.2) is 14.6 Å². The number of anilines is 1. The van der Waals surface area contributed by atoms with E-state index >= 15 is 0 Å². The lowest BCUT2D eigenvalue weighted by Gasteiger charge is -2.39. The normalized spacial score (nSPS) is 14.6. The number of nitrogens with zero attached hydrogens (tertiary/aromatic N) is 5. The predicted octanol–water partition coefficient (Wildman–Crippen LogP) is -0.644. The van der Waals surface area contributed by atoms with Crippen LogP contribution in [0.1, 0.15) is 0 Å². The first-order valence-corrected chi connectivity index (χ1v) is 6.56. The number of hydrogen-bond acceptors (Lipinski definition) is 6. The Morgan fingerprint density at radius 2 is 2.00 bits per heavy atom. The molecule has 0 spiro atoms. The van der Waals surface area contributed by atoms with Crippen LogP contribution in [0.5, 0.6) is 0 Å². The first kappa shape index (κ1) is 13.2. The summed E-state index contributed by atoms with van der Waals surface area (Å²) in [6, 6.07) is 4.81. The molecule has 0 radical (unpaired) electrons. The maximum absolute atomic E-state index is 12.0. The lowest BCUT2D eigenvalue weighted by molar-refractivity contribution is -0.136. The summed E-state index contributed by atoms with van der Waals surface area (Å²) in [6.07, 6.45) is 4.80. The highest BCUT2D eigenvalue weighted by Gasteiger charge is 2.31. The van der Waals surface area contributed by atoms with Gasteiger partial charge in [0.05, 0.1) is 6.04 Å². The highest BCUT2D eigenvalue weighted by molar-refractivity contribution is 5.77. The van der Waals surface area contributed by atoms with Gasteiger partial charge in [-0.1, -0.05) is 0 Å². The first-order chi connectivity index (χ1) is 10.2. The first-order valence-electron chi connectivity index (χ1n) is 6.56. The minimum Gasteiger partial charge on any atom is -0.348 e. The van der Waals surface area contributed by atoms with Gasteiger partial charge in [0.15, 0.2) is 0 Å². The van der Waals surface area contributed by atoms with Crippen molar-refractivity contribution in [2.24, 2.45) is 0 Å². The number of carbonyl (C=O) groups is 1. The van der Waals surface area contributed by atoms with Crippen LogP contribution in [0.3, 0.4) is 0 Å². The van der Waals surface area contributed by atoms with Gasteiger partial charge in [0.25, 0.3) is 5.56 Å². The summed E-state index contributed by atoms with van der Waals surface area (Å²) in [5.41, 5.74) is -0.279. The summed E-state index contributed by atoms with van der Waals surface area (Å²) >= 11 is 0. The second-order valence-electron chi connectivity index (χ2n) is 4.73. The molecule has 8 heteroatoms. The van der Waals surface area contributed by atoms with E-state index in [4.69, 9.17) is 0 Å². The Morgan fingerprint density at radius 1 is 1.24 bits per heavy atom. The van der Waals surface area contributed by atoms with E-state index in [2.05, 4.69) is 20.4 Å². The largest absolute Gasteiger partial charge is 0.348 e. The highest BCUT2D eigenvalue weighted by Crippen LogP contribution is 2.12. The van der Waals surface area contributed by atoms with Gasteiger partial charge < -0.3 is 10.2 Å². The molecule has 1 N–H and O–H groups in total. The monoisotopic (exact) mass is 286 g/mol. The summed E-state index contributed by atoms with van der Waals surface area (Å²) in [5, 5.41) is 7.01. The summed E-state index contributed by atoms with van der Waals surface area (Å²) in [4.78, 5) is 33.3. The summed E-state index contributed by atoms with van der Waals surface area (Å²) in [5.74, 6) is 0.429. The molecule has 8 nitrogen and oxygen atoms in total. The fourth-order valence-electron chi connectivity index (χ4n) is 2.06. The maximum Gasteiger partial charge on any atom is 0.267 e. The Balaban J connectivity index is 1.51. The van der Waals surface area contributed by atoms with Crippen LogP contribution in [-0.4, -0.2) is 49.7 Å². The van der Waals surface area contributed by atoms with E-state index in [0.29, 0.717) is 19.0 Å². The SMILES string of the molecule is O=C(Cn1ncccc1=O)N1CC(Nc2ncccn2)C1. The molecule has 1 saturated heterocycles. The van der Waals surface area contributed by atoms with Crippen molar-refractivity contribution in [3.63, 3.8) is 0 Å². The van der Waals surface area contributed by atoms with E-state index in [0.717, 1.165) is 4.68 Å². The third-order valence-electron chi connectivity index (χ3n) is 3.20. The van der Waals surface area contributed by atoms with Crippen LogP contribution in [0.15, 0.2) is 41.6 Å². The van der Waals surface area contributed by atoms with Gasteiger partial charge in [-0.05, 0) is 12.1 Å². The Labute approximate surface area is 120 Å². The molecule has 2 aromatic rings. The van der Waals surface area contributed by atoms with Crippen LogP contribution in [0.2, 0.25) is 0 Å². The maximum atomic E-state index is 12.0. The molecule has 0 aliphatic carbocycles. The molecule has 3 rings (SSSR count). The van der Waals surface area contributed by atoms with E-state index in [1.807, 2.05) is 0 Å². The zero-order valence-corrected chi connectivity index (χ0v) is 11.2. The number of amides is 1. The molecule has 0 atom stereocenters. The van der Waals surface area contributed by atoms with E-state index in [1.54, 1.807) is 29.4 Å². The van der Waals surface area contributed by atoms with Crippen molar-refractivity contribution >= 4 is 11.9 Å². The number of nitrogens with one attached hydrogen (secondary N) is 1. The van der Waals surface area contributed by atoms with E-state index in [1.165, 1.54) is 12.3 Å². The Morgan fingerprint density at radius 3 is 2.71 bits per heavy atom. The smallest absolute Gasteiger partial charge is 0.267 e. The van der Waals surface area contributed by atoms with Gasteiger partial charge in [-0.2, -0.15) is 5.10 Å². The van der Waals surface area contributed by atoms with E-state index in [9.17, 15) is 9.59 Å². The van der Waals surface area contributed by atoms with Gasteiger partial charge in [0.2, 0.25) is 11.9 Å². The molecule has 1 amide bonds. The minimum atomic E-state index is -0.279. The number of likely N-dealkylation sites (tertiary alicyclic amines) is 1. The quantitative estimate of drug-likeness (QED) is 0.803. The average Bonchev–Trinajstić information content (AvgIpc) is 2.46. The molecular weight excluding hydrogens is 272 g/mol. The molecule has 1 aliphatic rings. The third kappa shape index (κ3) is 3.04. The Kier molecular flexibility index (Phi) is 3.59. The highest BCUT2D eigenvalue weighted by atomic mass is 16.2. The number of hydrogen-bond donors (Lipinski definition) is 1. The zero-order valence-electron chi connectivity index (χ0n) is 11.2. The molecule has 21 heavy (non-hydrogen) atoms. The average molecular weight is 286 g/mol. The van der Waals surface area contributed by atoms with Gasteiger partial charge >= 0.3 is 0 Å². The Hall–Kier alpha value is -2.77. The van der Waals surface area contributed by atoms with Crippen LogP contribution in [0.25, 0.3) is 0 Å². The van der Waals surface area contributed by atoms with Gasteiger partial charge in [-0.15, -0.1) is 0 Å². The molecule has 1 aliphatic heterocycles. The fourth-order valence-corrected chi connectivity index (χ4v) is 2.06. The third-order valence-corrected chi connectivity index (χ3v) is 3.20. The van der Waals surface area contributed by atoms with Crippen molar-refractivity contribution < 1.29 is 4.79 Å². The van der Waals surface area contributed by atoms with Crippen LogP contribution in [0.4, 0.5) is 5.95 Å².